The normalized spacial score (nSPS) is 15.4. The standard InChI is InChI=1S/C29H27FN2O4/c1-31-28(33)26-24-16-21(11-14-25(24)36-27(26)19-9-12-22(30)13-10-19)18-5-7-20(8-6-18)29(34)32-15-3-4-23(32)17-35-2/h5-14,16,23H,3-4,15,17H2,1-2H3,(H,31,33). The Labute approximate surface area is 208 Å². The lowest BCUT2D eigenvalue weighted by Crippen LogP contribution is -2.38. The van der Waals surface area contributed by atoms with E-state index in [0.717, 1.165) is 30.5 Å². The van der Waals surface area contributed by atoms with E-state index in [0.29, 0.717) is 40.0 Å². The van der Waals surface area contributed by atoms with Crippen LogP contribution in [-0.4, -0.2) is 50.1 Å². The zero-order valence-electron chi connectivity index (χ0n) is 20.2. The van der Waals surface area contributed by atoms with Crippen LogP contribution in [0.4, 0.5) is 4.39 Å². The summed E-state index contributed by atoms with van der Waals surface area (Å²) >= 11 is 0. The Hall–Kier alpha value is -3.97. The second kappa shape index (κ2) is 9.95. The van der Waals surface area contributed by atoms with Crippen LogP contribution in [0.15, 0.2) is 71.1 Å². The molecular formula is C29H27FN2O4. The third-order valence-electron chi connectivity index (χ3n) is 6.71. The fraction of sp³-hybridized carbons (Fsp3) is 0.241. The molecule has 1 aliphatic heterocycles. The summed E-state index contributed by atoms with van der Waals surface area (Å²) in [4.78, 5) is 27.8. The van der Waals surface area contributed by atoms with Crippen molar-refractivity contribution in [2.45, 2.75) is 18.9 Å². The fourth-order valence-corrected chi connectivity index (χ4v) is 4.87. The SMILES string of the molecule is CNC(=O)c1c(-c2ccc(F)cc2)oc2ccc(-c3ccc(C(=O)N4CCCC4COC)cc3)cc12. The van der Waals surface area contributed by atoms with Crippen LogP contribution in [-0.2, 0) is 4.74 Å². The molecule has 0 bridgehead atoms. The highest BCUT2D eigenvalue weighted by atomic mass is 19.1. The molecule has 0 saturated carbocycles. The number of carbonyl (C=O) groups is 2. The number of nitrogens with one attached hydrogen (secondary N) is 1. The molecule has 0 spiro atoms. The molecule has 1 aliphatic rings. The van der Waals surface area contributed by atoms with Gasteiger partial charge in [-0.25, -0.2) is 4.39 Å². The summed E-state index contributed by atoms with van der Waals surface area (Å²) < 4.78 is 24.8. The van der Waals surface area contributed by atoms with Crippen LogP contribution < -0.4 is 5.32 Å². The van der Waals surface area contributed by atoms with Gasteiger partial charge < -0.3 is 19.4 Å². The molecule has 0 radical (unpaired) electrons. The highest BCUT2D eigenvalue weighted by Crippen LogP contribution is 2.36. The van der Waals surface area contributed by atoms with Crippen molar-refractivity contribution >= 4 is 22.8 Å². The minimum Gasteiger partial charge on any atom is -0.455 e. The van der Waals surface area contributed by atoms with E-state index < -0.39 is 0 Å². The van der Waals surface area contributed by atoms with Gasteiger partial charge in [0.2, 0.25) is 0 Å². The quantitative estimate of drug-likeness (QED) is 0.390. The number of methoxy groups -OCH3 is 1. The average Bonchev–Trinajstić information content (AvgIpc) is 3.53. The minimum atomic E-state index is -0.362. The number of rotatable bonds is 6. The van der Waals surface area contributed by atoms with Gasteiger partial charge in [-0.3, -0.25) is 9.59 Å². The van der Waals surface area contributed by atoms with Gasteiger partial charge in [-0.2, -0.15) is 0 Å². The molecule has 184 valence electrons. The lowest BCUT2D eigenvalue weighted by molar-refractivity contribution is 0.0630. The zero-order valence-corrected chi connectivity index (χ0v) is 20.2. The third-order valence-corrected chi connectivity index (χ3v) is 6.71. The van der Waals surface area contributed by atoms with Gasteiger partial charge in [-0.1, -0.05) is 18.2 Å². The van der Waals surface area contributed by atoms with E-state index in [4.69, 9.17) is 9.15 Å². The third kappa shape index (κ3) is 4.38. The number of ether oxygens (including phenoxy) is 1. The number of amides is 2. The lowest BCUT2D eigenvalue weighted by atomic mass is 9.99. The Morgan fingerprint density at radius 3 is 2.42 bits per heavy atom. The van der Waals surface area contributed by atoms with Gasteiger partial charge in [0.25, 0.3) is 11.8 Å². The van der Waals surface area contributed by atoms with Gasteiger partial charge in [0, 0.05) is 37.2 Å². The topological polar surface area (TPSA) is 71.8 Å². The Kier molecular flexibility index (Phi) is 6.57. The molecular weight excluding hydrogens is 459 g/mol. The van der Waals surface area contributed by atoms with Crippen molar-refractivity contribution in [3.8, 4) is 22.5 Å². The monoisotopic (exact) mass is 486 g/mol. The highest BCUT2D eigenvalue weighted by molar-refractivity contribution is 6.11. The molecule has 0 aliphatic carbocycles. The van der Waals surface area contributed by atoms with Gasteiger partial charge in [-0.05, 0) is 72.5 Å². The summed E-state index contributed by atoms with van der Waals surface area (Å²) in [7, 11) is 3.22. The number of benzene rings is 3. The predicted octanol–water partition coefficient (Wildman–Crippen LogP) is 5.52. The van der Waals surface area contributed by atoms with Gasteiger partial charge in [0.1, 0.15) is 17.2 Å². The first-order valence-corrected chi connectivity index (χ1v) is 11.9. The van der Waals surface area contributed by atoms with E-state index in [1.165, 1.54) is 12.1 Å². The van der Waals surface area contributed by atoms with Gasteiger partial charge in [-0.15, -0.1) is 0 Å². The van der Waals surface area contributed by atoms with E-state index >= 15 is 0 Å². The van der Waals surface area contributed by atoms with Crippen molar-refractivity contribution < 1.29 is 23.1 Å². The molecule has 4 aromatic rings. The van der Waals surface area contributed by atoms with Crippen molar-refractivity contribution in [1.82, 2.24) is 10.2 Å². The summed E-state index contributed by atoms with van der Waals surface area (Å²) in [6.45, 7) is 1.28. The van der Waals surface area contributed by atoms with Crippen molar-refractivity contribution in [2.75, 3.05) is 27.3 Å². The first-order valence-electron chi connectivity index (χ1n) is 11.9. The van der Waals surface area contributed by atoms with E-state index in [1.54, 1.807) is 26.3 Å². The van der Waals surface area contributed by atoms with Gasteiger partial charge in [0.05, 0.1) is 18.2 Å². The van der Waals surface area contributed by atoms with Crippen LogP contribution in [0.5, 0.6) is 0 Å². The molecule has 1 N–H and O–H groups in total. The smallest absolute Gasteiger partial charge is 0.255 e. The lowest BCUT2D eigenvalue weighted by Gasteiger charge is -2.24. The second-order valence-corrected chi connectivity index (χ2v) is 8.93. The summed E-state index contributed by atoms with van der Waals surface area (Å²) in [6.07, 6.45) is 1.94. The minimum absolute atomic E-state index is 0.0113. The number of carbonyl (C=O) groups excluding carboxylic acids is 2. The number of halogens is 1. The Morgan fingerprint density at radius 2 is 1.72 bits per heavy atom. The summed E-state index contributed by atoms with van der Waals surface area (Å²) in [5.41, 5.74) is 4.00. The maximum absolute atomic E-state index is 13.5. The van der Waals surface area contributed by atoms with Crippen LogP contribution in [0.25, 0.3) is 33.4 Å². The predicted molar refractivity (Wildman–Crippen MR) is 136 cm³/mol. The largest absolute Gasteiger partial charge is 0.455 e. The van der Waals surface area contributed by atoms with Gasteiger partial charge in [0.15, 0.2) is 0 Å². The molecule has 2 amide bonds. The van der Waals surface area contributed by atoms with E-state index in [-0.39, 0.29) is 23.7 Å². The van der Waals surface area contributed by atoms with E-state index in [1.807, 2.05) is 47.4 Å². The van der Waals surface area contributed by atoms with Crippen molar-refractivity contribution in [3.63, 3.8) is 0 Å². The summed E-state index contributed by atoms with van der Waals surface area (Å²) in [5, 5.41) is 3.33. The number of nitrogens with zero attached hydrogens (tertiary/aromatic N) is 1. The van der Waals surface area contributed by atoms with Crippen molar-refractivity contribution in [1.29, 1.82) is 0 Å². The Balaban J connectivity index is 1.49. The molecule has 6 nitrogen and oxygen atoms in total. The molecule has 3 aromatic carbocycles. The molecule has 1 fully saturated rings. The number of likely N-dealkylation sites (tertiary alicyclic amines) is 1. The Bertz CT molecular complexity index is 1410. The maximum Gasteiger partial charge on any atom is 0.255 e. The first-order chi connectivity index (χ1) is 17.5. The molecule has 1 aromatic heterocycles. The van der Waals surface area contributed by atoms with Crippen LogP contribution in [0, 0.1) is 5.82 Å². The van der Waals surface area contributed by atoms with Crippen LogP contribution in [0.1, 0.15) is 33.6 Å². The molecule has 2 heterocycles. The van der Waals surface area contributed by atoms with Gasteiger partial charge >= 0.3 is 0 Å². The number of furan rings is 1. The molecule has 5 rings (SSSR count). The first kappa shape index (κ1) is 23.8. The summed E-state index contributed by atoms with van der Waals surface area (Å²) in [6, 6.07) is 19.1. The Morgan fingerprint density at radius 1 is 1.03 bits per heavy atom. The van der Waals surface area contributed by atoms with Crippen LogP contribution in [0.3, 0.4) is 0 Å². The summed E-state index contributed by atoms with van der Waals surface area (Å²) in [5.74, 6) is -0.252. The molecule has 1 unspecified atom stereocenters. The average molecular weight is 487 g/mol. The van der Waals surface area contributed by atoms with Crippen molar-refractivity contribution in [3.05, 3.63) is 83.7 Å². The van der Waals surface area contributed by atoms with Crippen LogP contribution in [0.2, 0.25) is 0 Å². The van der Waals surface area contributed by atoms with E-state index in [9.17, 15) is 14.0 Å². The number of fused-ring (bicyclic) bond motifs is 1. The zero-order chi connectivity index (χ0) is 25.2. The number of hydrogen-bond donors (Lipinski definition) is 1. The molecule has 1 atom stereocenters. The second-order valence-electron chi connectivity index (χ2n) is 8.93. The fourth-order valence-electron chi connectivity index (χ4n) is 4.87. The van der Waals surface area contributed by atoms with Crippen LogP contribution >= 0.6 is 0 Å². The van der Waals surface area contributed by atoms with E-state index in [2.05, 4.69) is 5.32 Å². The molecule has 1 saturated heterocycles. The maximum atomic E-state index is 13.5. The molecule has 7 heteroatoms. The van der Waals surface area contributed by atoms with Crippen molar-refractivity contribution in [2.24, 2.45) is 0 Å². The number of hydrogen-bond acceptors (Lipinski definition) is 4. The highest BCUT2D eigenvalue weighted by Gasteiger charge is 2.29. The molecule has 36 heavy (non-hydrogen) atoms.